The van der Waals surface area contributed by atoms with Crippen LogP contribution in [0.3, 0.4) is 0 Å². The molecule has 9 heteroatoms. The summed E-state index contributed by atoms with van der Waals surface area (Å²) in [5.41, 5.74) is -1.12. The number of alkyl halides is 3. The lowest BCUT2D eigenvalue weighted by Crippen LogP contribution is -2.10. The largest absolute Gasteiger partial charge is 0.463 e. The molecule has 2 aromatic rings. The Hall–Kier alpha value is -1.57. The molecule has 0 unspecified atom stereocenters. The molecule has 0 amide bonds. The predicted molar refractivity (Wildman–Crippen MR) is 52.0 cm³/mol. The maximum Gasteiger partial charge on any atom is 0.433 e. The zero-order valence-corrected chi connectivity index (χ0v) is 9.25. The van der Waals surface area contributed by atoms with Gasteiger partial charge in [-0.25, -0.2) is 4.98 Å². The van der Waals surface area contributed by atoms with Crippen molar-refractivity contribution in [3.63, 3.8) is 0 Å². The van der Waals surface area contributed by atoms with Crippen LogP contribution in [-0.2, 0) is 6.18 Å². The Morgan fingerprint density at radius 1 is 1.41 bits per heavy atom. The summed E-state index contributed by atoms with van der Waals surface area (Å²) in [7, 11) is 0. The first-order valence-corrected chi connectivity index (χ1v) is 4.93. The highest BCUT2D eigenvalue weighted by Gasteiger charge is 2.34. The first-order chi connectivity index (χ1) is 7.91. The first-order valence-electron chi connectivity index (χ1n) is 4.55. The predicted octanol–water partition coefficient (Wildman–Crippen LogP) is 2.20. The summed E-state index contributed by atoms with van der Waals surface area (Å²) < 4.78 is 43.2. The molecule has 0 N–H and O–H groups in total. The van der Waals surface area contributed by atoms with E-state index in [1.54, 1.807) is 6.92 Å². The van der Waals surface area contributed by atoms with Gasteiger partial charge < -0.3 is 4.74 Å². The summed E-state index contributed by atoms with van der Waals surface area (Å²) >= 11 is 5.65. The van der Waals surface area contributed by atoms with E-state index in [2.05, 4.69) is 15.1 Å². The Morgan fingerprint density at radius 3 is 2.71 bits per heavy atom. The summed E-state index contributed by atoms with van der Waals surface area (Å²) in [6.07, 6.45) is -4.58. The minimum absolute atomic E-state index is 0.0683. The summed E-state index contributed by atoms with van der Waals surface area (Å²) in [5, 5.41) is 3.51. The lowest BCUT2D eigenvalue weighted by molar-refractivity contribution is -0.141. The molecule has 0 atom stereocenters. The molecule has 2 rings (SSSR count). The number of fused-ring (bicyclic) bond motifs is 1. The van der Waals surface area contributed by atoms with Crippen molar-refractivity contribution in [2.24, 2.45) is 0 Å². The fourth-order valence-electron chi connectivity index (χ4n) is 1.15. The average molecular weight is 267 g/mol. The maximum absolute atomic E-state index is 12.4. The number of rotatable bonds is 2. The normalized spacial score (nSPS) is 12.1. The zero-order valence-electron chi connectivity index (χ0n) is 8.49. The second-order valence-corrected chi connectivity index (χ2v) is 3.39. The smallest absolute Gasteiger partial charge is 0.433 e. The van der Waals surface area contributed by atoms with Crippen molar-refractivity contribution in [3.05, 3.63) is 16.9 Å². The Bertz CT molecular complexity index is 553. The molecule has 0 bridgehead atoms. The number of ether oxygens (including phenoxy) is 1. The maximum atomic E-state index is 12.4. The third-order valence-electron chi connectivity index (χ3n) is 1.81. The number of nitrogens with zero attached hydrogens (tertiary/aromatic N) is 4. The molecular weight excluding hydrogens is 261 g/mol. The highest BCUT2D eigenvalue weighted by atomic mass is 35.5. The van der Waals surface area contributed by atoms with Crippen LogP contribution in [0.1, 0.15) is 12.6 Å². The molecule has 2 aromatic heterocycles. The third kappa shape index (κ3) is 2.26. The summed E-state index contributed by atoms with van der Waals surface area (Å²) in [5.74, 6) is -0.256. The molecule has 92 valence electrons. The number of hydrogen-bond donors (Lipinski definition) is 0. The van der Waals surface area contributed by atoms with Crippen molar-refractivity contribution in [1.82, 2.24) is 19.6 Å². The SMILES string of the molecule is CCOc1nc2nc(C(F)(F)F)cc(Cl)n2n1. The second kappa shape index (κ2) is 4.02. The molecule has 0 saturated heterocycles. The quantitative estimate of drug-likeness (QED) is 0.782. The van der Waals surface area contributed by atoms with Gasteiger partial charge in [-0.1, -0.05) is 11.6 Å². The summed E-state index contributed by atoms with van der Waals surface area (Å²) in [6.45, 7) is 1.99. The topological polar surface area (TPSA) is 52.3 Å². The van der Waals surface area contributed by atoms with E-state index >= 15 is 0 Å². The third-order valence-corrected chi connectivity index (χ3v) is 2.08. The molecule has 0 saturated carbocycles. The second-order valence-electron chi connectivity index (χ2n) is 3.00. The van der Waals surface area contributed by atoms with Gasteiger partial charge in [-0.3, -0.25) is 0 Å². The van der Waals surface area contributed by atoms with E-state index in [0.29, 0.717) is 12.7 Å². The zero-order chi connectivity index (χ0) is 12.6. The average Bonchev–Trinajstić information content (AvgIpc) is 2.60. The van der Waals surface area contributed by atoms with Crippen LogP contribution in [0.25, 0.3) is 5.78 Å². The standard InChI is InChI=1S/C8H6ClF3N4O/c1-2-17-7-14-6-13-4(8(10,11)12)3-5(9)16(6)15-7/h3H,2H2,1H3. The van der Waals surface area contributed by atoms with Crippen LogP contribution < -0.4 is 4.74 Å². The van der Waals surface area contributed by atoms with Crippen molar-refractivity contribution in [3.8, 4) is 6.01 Å². The number of aromatic nitrogens is 4. The fraction of sp³-hybridized carbons (Fsp3) is 0.375. The van der Waals surface area contributed by atoms with Gasteiger partial charge in [0.15, 0.2) is 5.69 Å². The van der Waals surface area contributed by atoms with E-state index in [-0.39, 0.29) is 16.9 Å². The molecule has 17 heavy (non-hydrogen) atoms. The van der Waals surface area contributed by atoms with E-state index in [0.717, 1.165) is 4.52 Å². The number of halogens is 4. The van der Waals surface area contributed by atoms with E-state index in [1.807, 2.05) is 0 Å². The van der Waals surface area contributed by atoms with E-state index in [9.17, 15) is 13.2 Å². The highest BCUT2D eigenvalue weighted by Crippen LogP contribution is 2.29. The Labute approximate surface area is 98.2 Å². The molecule has 0 aromatic carbocycles. The Kier molecular flexibility index (Phi) is 2.82. The van der Waals surface area contributed by atoms with Crippen LogP contribution in [0.5, 0.6) is 6.01 Å². The van der Waals surface area contributed by atoms with Gasteiger partial charge >= 0.3 is 12.2 Å². The summed E-state index contributed by atoms with van der Waals surface area (Å²) in [4.78, 5) is 6.98. The monoisotopic (exact) mass is 266 g/mol. The minimum Gasteiger partial charge on any atom is -0.463 e. The van der Waals surface area contributed by atoms with Crippen LogP contribution in [-0.4, -0.2) is 26.2 Å². The molecule has 0 spiro atoms. The Balaban J connectivity index is 2.57. The lowest BCUT2D eigenvalue weighted by Gasteiger charge is -2.05. The van der Waals surface area contributed by atoms with Crippen LogP contribution in [0, 0.1) is 0 Å². The van der Waals surface area contributed by atoms with Gasteiger partial charge in [0.2, 0.25) is 0 Å². The van der Waals surface area contributed by atoms with E-state index in [1.165, 1.54) is 0 Å². The van der Waals surface area contributed by atoms with Gasteiger partial charge in [-0.15, -0.1) is 5.10 Å². The van der Waals surface area contributed by atoms with Crippen LogP contribution >= 0.6 is 11.6 Å². The van der Waals surface area contributed by atoms with Gasteiger partial charge in [-0.05, 0) is 6.92 Å². The van der Waals surface area contributed by atoms with Gasteiger partial charge in [0.1, 0.15) is 5.15 Å². The van der Waals surface area contributed by atoms with Crippen molar-refractivity contribution in [2.45, 2.75) is 13.1 Å². The van der Waals surface area contributed by atoms with Crippen LogP contribution in [0.2, 0.25) is 5.15 Å². The van der Waals surface area contributed by atoms with Gasteiger partial charge in [-0.2, -0.15) is 22.7 Å². The lowest BCUT2D eigenvalue weighted by atomic mass is 10.4. The van der Waals surface area contributed by atoms with Crippen LogP contribution in [0.15, 0.2) is 6.07 Å². The molecule has 0 aliphatic rings. The van der Waals surface area contributed by atoms with Gasteiger partial charge in [0.05, 0.1) is 6.61 Å². The van der Waals surface area contributed by atoms with Crippen LogP contribution in [0.4, 0.5) is 13.2 Å². The van der Waals surface area contributed by atoms with E-state index in [4.69, 9.17) is 16.3 Å². The first kappa shape index (κ1) is 11.9. The highest BCUT2D eigenvalue weighted by molar-refractivity contribution is 6.29. The summed E-state index contributed by atoms with van der Waals surface area (Å²) in [6, 6.07) is 0.611. The molecule has 5 nitrogen and oxygen atoms in total. The van der Waals surface area contributed by atoms with Crippen molar-refractivity contribution in [1.29, 1.82) is 0 Å². The molecule has 0 fully saturated rings. The van der Waals surface area contributed by atoms with Gasteiger partial charge in [0.25, 0.3) is 5.78 Å². The Morgan fingerprint density at radius 2 is 2.12 bits per heavy atom. The minimum atomic E-state index is -4.58. The molecule has 0 radical (unpaired) electrons. The van der Waals surface area contributed by atoms with Crippen molar-refractivity contribution >= 4 is 17.4 Å². The molecule has 2 heterocycles. The van der Waals surface area contributed by atoms with Gasteiger partial charge in [0, 0.05) is 6.07 Å². The fourth-order valence-corrected chi connectivity index (χ4v) is 1.37. The molecule has 0 aliphatic carbocycles. The molecule has 0 aliphatic heterocycles. The molecular formula is C8H6ClF3N4O. The number of hydrogen-bond acceptors (Lipinski definition) is 4. The van der Waals surface area contributed by atoms with Crippen molar-refractivity contribution < 1.29 is 17.9 Å². The van der Waals surface area contributed by atoms with E-state index < -0.39 is 11.9 Å². The van der Waals surface area contributed by atoms with Crippen molar-refractivity contribution in [2.75, 3.05) is 6.61 Å².